The normalized spacial score (nSPS) is 29.8. The number of hydrogen-bond donors (Lipinski definition) is 1. The Morgan fingerprint density at radius 3 is 2.44 bits per heavy atom. The molecule has 1 saturated carbocycles. The summed E-state index contributed by atoms with van der Waals surface area (Å²) < 4.78 is 0. The van der Waals surface area contributed by atoms with Crippen LogP contribution in [0.25, 0.3) is 0 Å². The van der Waals surface area contributed by atoms with Crippen LogP contribution in [-0.2, 0) is 0 Å². The van der Waals surface area contributed by atoms with Gasteiger partial charge in [-0.2, -0.15) is 0 Å². The molecular formula is C16H32N2. The minimum absolute atomic E-state index is 0.995. The van der Waals surface area contributed by atoms with Crippen LogP contribution < -0.4 is 5.32 Å². The van der Waals surface area contributed by atoms with Crippen LogP contribution in [0.1, 0.15) is 58.3 Å². The van der Waals surface area contributed by atoms with Crippen molar-refractivity contribution in [3.05, 3.63) is 0 Å². The summed E-state index contributed by atoms with van der Waals surface area (Å²) in [4.78, 5) is 2.62. The summed E-state index contributed by atoms with van der Waals surface area (Å²) in [6.07, 6.45) is 11.5. The third-order valence-electron chi connectivity index (χ3n) is 4.89. The van der Waals surface area contributed by atoms with Crippen LogP contribution in [0.15, 0.2) is 0 Å². The number of rotatable bonds is 7. The second kappa shape index (κ2) is 8.16. The monoisotopic (exact) mass is 252 g/mol. The van der Waals surface area contributed by atoms with E-state index in [1.54, 1.807) is 0 Å². The molecular weight excluding hydrogens is 220 g/mol. The molecule has 2 heteroatoms. The highest BCUT2D eigenvalue weighted by molar-refractivity contribution is 4.71. The fourth-order valence-corrected chi connectivity index (χ4v) is 3.48. The Bertz CT molecular complexity index is 203. The van der Waals surface area contributed by atoms with Gasteiger partial charge in [0, 0.05) is 0 Å². The first-order valence-corrected chi connectivity index (χ1v) is 8.27. The van der Waals surface area contributed by atoms with E-state index in [1.807, 2.05) is 0 Å². The molecule has 0 atom stereocenters. The first kappa shape index (κ1) is 14.3. The molecule has 1 N–H and O–H groups in total. The number of nitrogens with zero attached hydrogens (tertiary/aromatic N) is 1. The maximum absolute atomic E-state index is 3.64. The number of likely N-dealkylation sites (tertiary alicyclic amines) is 1. The Hall–Kier alpha value is -0.0800. The van der Waals surface area contributed by atoms with Gasteiger partial charge in [0.05, 0.1) is 0 Å². The Morgan fingerprint density at radius 2 is 1.72 bits per heavy atom. The summed E-state index contributed by atoms with van der Waals surface area (Å²) in [6.45, 7) is 8.89. The maximum atomic E-state index is 3.64. The highest BCUT2D eigenvalue weighted by Crippen LogP contribution is 2.29. The Balaban J connectivity index is 1.39. The zero-order valence-corrected chi connectivity index (χ0v) is 12.3. The van der Waals surface area contributed by atoms with Crippen LogP contribution in [0.5, 0.6) is 0 Å². The molecule has 0 unspecified atom stereocenters. The van der Waals surface area contributed by atoms with Crippen LogP contribution in [-0.4, -0.2) is 37.6 Å². The van der Waals surface area contributed by atoms with E-state index in [0.717, 1.165) is 11.8 Å². The van der Waals surface area contributed by atoms with Gasteiger partial charge < -0.3 is 10.2 Å². The van der Waals surface area contributed by atoms with Crippen LogP contribution in [0.2, 0.25) is 0 Å². The fraction of sp³-hybridized carbons (Fsp3) is 1.00. The van der Waals surface area contributed by atoms with Gasteiger partial charge >= 0.3 is 0 Å². The maximum Gasteiger partial charge on any atom is -0.000664 e. The predicted octanol–water partition coefficient (Wildman–Crippen LogP) is 3.28. The van der Waals surface area contributed by atoms with Crippen molar-refractivity contribution in [3.63, 3.8) is 0 Å². The minimum Gasteiger partial charge on any atom is -0.317 e. The lowest BCUT2D eigenvalue weighted by atomic mass is 9.81. The molecule has 0 aromatic heterocycles. The van der Waals surface area contributed by atoms with Gasteiger partial charge in [0.2, 0.25) is 0 Å². The van der Waals surface area contributed by atoms with E-state index in [-0.39, 0.29) is 0 Å². The topological polar surface area (TPSA) is 15.3 Å². The molecule has 0 spiro atoms. The second-order valence-electron chi connectivity index (χ2n) is 6.57. The third kappa shape index (κ3) is 5.27. The smallest absolute Gasteiger partial charge is 0.000664 e. The van der Waals surface area contributed by atoms with E-state index in [4.69, 9.17) is 0 Å². The zero-order valence-electron chi connectivity index (χ0n) is 12.3. The van der Waals surface area contributed by atoms with E-state index >= 15 is 0 Å². The largest absolute Gasteiger partial charge is 0.317 e. The van der Waals surface area contributed by atoms with Gasteiger partial charge in [0.15, 0.2) is 0 Å². The van der Waals surface area contributed by atoms with E-state index in [1.165, 1.54) is 84.1 Å². The van der Waals surface area contributed by atoms with Gasteiger partial charge in [-0.25, -0.2) is 0 Å². The summed E-state index contributed by atoms with van der Waals surface area (Å²) >= 11 is 0. The fourth-order valence-electron chi connectivity index (χ4n) is 3.48. The Kier molecular flexibility index (Phi) is 6.50. The van der Waals surface area contributed by atoms with Crippen molar-refractivity contribution in [2.75, 3.05) is 32.7 Å². The van der Waals surface area contributed by atoms with Crippen molar-refractivity contribution >= 4 is 0 Å². The molecule has 1 saturated heterocycles. The van der Waals surface area contributed by atoms with Crippen LogP contribution >= 0.6 is 0 Å². The van der Waals surface area contributed by atoms with E-state index in [9.17, 15) is 0 Å². The summed E-state index contributed by atoms with van der Waals surface area (Å²) in [6, 6.07) is 0. The lowest BCUT2D eigenvalue weighted by molar-refractivity contribution is 0.274. The summed E-state index contributed by atoms with van der Waals surface area (Å²) in [7, 11) is 0. The predicted molar refractivity (Wildman–Crippen MR) is 78.9 cm³/mol. The molecule has 0 radical (unpaired) electrons. The van der Waals surface area contributed by atoms with Crippen LogP contribution in [0, 0.1) is 11.8 Å². The summed E-state index contributed by atoms with van der Waals surface area (Å²) in [5.41, 5.74) is 0. The Labute approximate surface area is 114 Å². The number of hydrogen-bond acceptors (Lipinski definition) is 2. The number of nitrogens with one attached hydrogen (secondary N) is 1. The lowest BCUT2D eigenvalue weighted by Crippen LogP contribution is -2.26. The quantitative estimate of drug-likeness (QED) is 0.700. The SMILES string of the molecule is CC1CCC(CCNCCCN2CCCC2)CC1. The average Bonchev–Trinajstić information content (AvgIpc) is 2.89. The van der Waals surface area contributed by atoms with Gasteiger partial charge in [0.1, 0.15) is 0 Å². The lowest BCUT2D eigenvalue weighted by Gasteiger charge is -2.26. The molecule has 18 heavy (non-hydrogen) atoms. The molecule has 2 fully saturated rings. The van der Waals surface area contributed by atoms with E-state index in [2.05, 4.69) is 17.1 Å². The third-order valence-corrected chi connectivity index (χ3v) is 4.89. The van der Waals surface area contributed by atoms with Crippen molar-refractivity contribution in [1.82, 2.24) is 10.2 Å². The molecule has 1 aliphatic heterocycles. The second-order valence-corrected chi connectivity index (χ2v) is 6.57. The molecule has 1 aliphatic carbocycles. The van der Waals surface area contributed by atoms with Crippen molar-refractivity contribution < 1.29 is 0 Å². The molecule has 0 aromatic carbocycles. The molecule has 106 valence electrons. The highest BCUT2D eigenvalue weighted by Gasteiger charge is 2.17. The first-order valence-electron chi connectivity index (χ1n) is 8.27. The van der Waals surface area contributed by atoms with Gasteiger partial charge in [-0.15, -0.1) is 0 Å². The zero-order chi connectivity index (χ0) is 12.6. The highest BCUT2D eigenvalue weighted by atomic mass is 15.1. The molecule has 2 aliphatic rings. The van der Waals surface area contributed by atoms with Gasteiger partial charge in [0.25, 0.3) is 0 Å². The van der Waals surface area contributed by atoms with Crippen molar-refractivity contribution in [1.29, 1.82) is 0 Å². The molecule has 0 amide bonds. The average molecular weight is 252 g/mol. The van der Waals surface area contributed by atoms with Gasteiger partial charge in [-0.1, -0.05) is 32.6 Å². The van der Waals surface area contributed by atoms with Gasteiger partial charge in [-0.05, 0) is 70.2 Å². The first-order chi connectivity index (χ1) is 8.84. The van der Waals surface area contributed by atoms with Gasteiger partial charge in [-0.3, -0.25) is 0 Å². The molecule has 1 heterocycles. The van der Waals surface area contributed by atoms with Crippen LogP contribution in [0.3, 0.4) is 0 Å². The minimum atomic E-state index is 0.995. The van der Waals surface area contributed by atoms with Crippen molar-refractivity contribution in [3.8, 4) is 0 Å². The summed E-state index contributed by atoms with van der Waals surface area (Å²) in [5, 5.41) is 3.64. The Morgan fingerprint density at radius 1 is 1.00 bits per heavy atom. The van der Waals surface area contributed by atoms with Crippen molar-refractivity contribution in [2.45, 2.75) is 58.3 Å². The van der Waals surface area contributed by atoms with E-state index in [0.29, 0.717) is 0 Å². The van der Waals surface area contributed by atoms with E-state index < -0.39 is 0 Å². The molecule has 2 nitrogen and oxygen atoms in total. The standard InChI is InChI=1S/C16H32N2/c1-15-5-7-16(8-6-15)9-11-17-10-4-14-18-12-2-3-13-18/h15-17H,2-14H2,1H3. The molecule has 0 bridgehead atoms. The molecule has 2 rings (SSSR count). The molecule has 0 aromatic rings. The van der Waals surface area contributed by atoms with Crippen LogP contribution in [0.4, 0.5) is 0 Å². The van der Waals surface area contributed by atoms with Crippen molar-refractivity contribution in [2.24, 2.45) is 11.8 Å². The summed E-state index contributed by atoms with van der Waals surface area (Å²) in [5.74, 6) is 2.02.